The number of para-hydroxylation sites is 2. The van der Waals surface area contributed by atoms with Gasteiger partial charge in [-0.3, -0.25) is 0 Å². The van der Waals surface area contributed by atoms with Crippen LogP contribution in [0.1, 0.15) is 0 Å². The summed E-state index contributed by atoms with van der Waals surface area (Å²) in [5.41, 5.74) is 4.04. The summed E-state index contributed by atoms with van der Waals surface area (Å²) in [7, 11) is -2.99. The van der Waals surface area contributed by atoms with Crippen LogP contribution in [0.5, 0.6) is 0 Å². The molecule has 0 aliphatic carbocycles. The Morgan fingerprint density at radius 2 is 0.947 bits per heavy atom. The summed E-state index contributed by atoms with van der Waals surface area (Å²) in [6, 6.07) is 42.3. The Hall–Kier alpha value is -3.63. The van der Waals surface area contributed by atoms with Crippen molar-refractivity contribution < 1.29 is 4.57 Å². The second-order valence-corrected chi connectivity index (χ2v) is 13.8. The molecular weight excluding hydrogens is 523 g/mol. The lowest BCUT2D eigenvalue weighted by atomic mass is 10.1. The van der Waals surface area contributed by atoms with E-state index >= 15 is 0 Å². The molecule has 0 amide bonds. The van der Waals surface area contributed by atoms with Crippen molar-refractivity contribution in [2.45, 2.75) is 19.8 Å². The molecule has 1 aliphatic heterocycles. The van der Waals surface area contributed by atoms with Gasteiger partial charge in [-0.1, -0.05) is 127 Å². The van der Waals surface area contributed by atoms with Crippen LogP contribution in [-0.2, 0) is 4.57 Å². The Labute approximate surface area is 229 Å². The summed E-state index contributed by atoms with van der Waals surface area (Å²) in [6.07, 6.45) is 0. The van der Waals surface area contributed by atoms with E-state index in [9.17, 15) is 4.57 Å². The van der Waals surface area contributed by atoms with Crippen molar-refractivity contribution in [1.82, 2.24) is 9.97 Å². The van der Waals surface area contributed by atoms with Crippen molar-refractivity contribution in [3.05, 3.63) is 127 Å². The van der Waals surface area contributed by atoms with Gasteiger partial charge in [0, 0.05) is 25.7 Å². The molecule has 0 radical (unpaired) electrons. The zero-order chi connectivity index (χ0) is 25.5. The smallest absolute Gasteiger partial charge is 0.171 e. The highest BCUT2D eigenvalue weighted by molar-refractivity contribution is 8.05. The molecule has 6 aromatic rings. The van der Waals surface area contributed by atoms with Crippen molar-refractivity contribution in [3.8, 4) is 11.1 Å². The second-order valence-electron chi connectivity index (χ2n) is 9.02. The van der Waals surface area contributed by atoms with Gasteiger partial charge in [0.25, 0.3) is 0 Å². The van der Waals surface area contributed by atoms with E-state index in [1.165, 1.54) is 9.79 Å². The van der Waals surface area contributed by atoms with Crippen molar-refractivity contribution in [3.63, 3.8) is 0 Å². The topological polar surface area (TPSA) is 42.9 Å². The predicted molar refractivity (Wildman–Crippen MR) is 159 cm³/mol. The molecule has 0 saturated carbocycles. The Morgan fingerprint density at radius 1 is 0.474 bits per heavy atom. The van der Waals surface area contributed by atoms with E-state index in [4.69, 9.17) is 9.97 Å². The first-order valence-electron chi connectivity index (χ1n) is 12.3. The van der Waals surface area contributed by atoms with Crippen LogP contribution in [0.25, 0.3) is 22.2 Å². The number of aromatic nitrogens is 2. The normalized spacial score (nSPS) is 12.6. The van der Waals surface area contributed by atoms with Crippen LogP contribution in [0.3, 0.4) is 0 Å². The number of nitrogens with zero attached hydrogens (tertiary/aromatic N) is 2. The van der Waals surface area contributed by atoms with Crippen molar-refractivity contribution in [2.75, 3.05) is 0 Å². The number of hydrogen-bond donors (Lipinski definition) is 0. The largest absolute Gasteiger partial charge is 0.309 e. The Balaban J connectivity index is 1.24. The SMILES string of the molecule is O=P(c1ccccc1)(c1ccccc1)c1ccc(-c2ccc3c(c2)Sc2nc4ccccc4nc2S3)cc1. The average Bonchev–Trinajstić information content (AvgIpc) is 2.99. The summed E-state index contributed by atoms with van der Waals surface area (Å²) in [5, 5.41) is 4.41. The number of benzene rings is 5. The maximum atomic E-state index is 14.6. The fraction of sp³-hybridized carbons (Fsp3) is 0. The summed E-state index contributed by atoms with van der Waals surface area (Å²) < 4.78 is 14.6. The third-order valence-corrected chi connectivity index (χ3v) is 12.1. The van der Waals surface area contributed by atoms with Gasteiger partial charge in [0.05, 0.1) is 11.0 Å². The van der Waals surface area contributed by atoms with Crippen LogP contribution < -0.4 is 15.9 Å². The second kappa shape index (κ2) is 9.59. The summed E-state index contributed by atoms with van der Waals surface area (Å²) >= 11 is 3.34. The molecule has 1 aromatic heterocycles. The van der Waals surface area contributed by atoms with Gasteiger partial charge in [0.2, 0.25) is 0 Å². The molecule has 0 N–H and O–H groups in total. The summed E-state index contributed by atoms with van der Waals surface area (Å²) in [4.78, 5) is 12.1. The molecule has 182 valence electrons. The maximum absolute atomic E-state index is 14.6. The van der Waals surface area contributed by atoms with Gasteiger partial charge >= 0.3 is 0 Å². The summed E-state index contributed by atoms with van der Waals surface area (Å²) in [5.74, 6) is 0. The molecule has 0 unspecified atom stereocenters. The first-order valence-corrected chi connectivity index (χ1v) is 15.6. The highest BCUT2D eigenvalue weighted by Gasteiger charge is 2.29. The van der Waals surface area contributed by atoms with Gasteiger partial charge < -0.3 is 4.57 Å². The molecule has 1 aliphatic rings. The fourth-order valence-electron chi connectivity index (χ4n) is 4.75. The van der Waals surface area contributed by atoms with Crippen LogP contribution >= 0.6 is 30.7 Å². The van der Waals surface area contributed by atoms with E-state index in [2.05, 4.69) is 30.3 Å². The molecule has 6 heteroatoms. The van der Waals surface area contributed by atoms with Crippen LogP contribution in [0.4, 0.5) is 0 Å². The third kappa shape index (κ3) is 4.08. The monoisotopic (exact) mass is 544 g/mol. The molecule has 0 bridgehead atoms. The third-order valence-electron chi connectivity index (χ3n) is 6.67. The Bertz CT molecular complexity index is 1800. The molecule has 0 saturated heterocycles. The number of hydrogen-bond acceptors (Lipinski definition) is 5. The zero-order valence-electron chi connectivity index (χ0n) is 20.2. The molecule has 5 aromatic carbocycles. The van der Waals surface area contributed by atoms with Crippen LogP contribution in [0.15, 0.2) is 147 Å². The molecule has 0 fully saturated rings. The Kier molecular flexibility index (Phi) is 5.93. The lowest BCUT2D eigenvalue weighted by Crippen LogP contribution is -2.24. The zero-order valence-corrected chi connectivity index (χ0v) is 22.7. The quantitative estimate of drug-likeness (QED) is 0.214. The molecule has 38 heavy (non-hydrogen) atoms. The van der Waals surface area contributed by atoms with Gasteiger partial charge in [-0.05, 0) is 35.4 Å². The van der Waals surface area contributed by atoms with Crippen molar-refractivity contribution in [2.24, 2.45) is 0 Å². The highest BCUT2D eigenvalue weighted by Crippen LogP contribution is 2.48. The van der Waals surface area contributed by atoms with E-state index in [0.29, 0.717) is 0 Å². The lowest BCUT2D eigenvalue weighted by Gasteiger charge is -2.20. The molecule has 0 spiro atoms. The molecular formula is C32H21N2OPS2. The maximum Gasteiger partial charge on any atom is 0.171 e. The number of rotatable bonds is 4. The van der Waals surface area contributed by atoms with E-state index in [0.717, 1.165) is 48.1 Å². The average molecular weight is 545 g/mol. The van der Waals surface area contributed by atoms with E-state index in [1.807, 2.05) is 97.1 Å². The Morgan fingerprint density at radius 3 is 1.53 bits per heavy atom. The predicted octanol–water partition coefficient (Wildman–Crippen LogP) is 7.55. The minimum absolute atomic E-state index is 0.831. The van der Waals surface area contributed by atoms with Crippen LogP contribution in [0, 0.1) is 0 Å². The van der Waals surface area contributed by atoms with Crippen molar-refractivity contribution >= 4 is 57.6 Å². The van der Waals surface area contributed by atoms with E-state index in [-0.39, 0.29) is 0 Å². The van der Waals surface area contributed by atoms with Crippen LogP contribution in [0.2, 0.25) is 0 Å². The molecule has 2 heterocycles. The van der Waals surface area contributed by atoms with Gasteiger partial charge in [0.15, 0.2) is 7.14 Å². The fourth-order valence-corrected chi connectivity index (χ4v) is 9.52. The molecule has 0 atom stereocenters. The van der Waals surface area contributed by atoms with Gasteiger partial charge in [-0.25, -0.2) is 9.97 Å². The van der Waals surface area contributed by atoms with E-state index in [1.54, 1.807) is 23.5 Å². The van der Waals surface area contributed by atoms with E-state index < -0.39 is 7.14 Å². The first-order chi connectivity index (χ1) is 18.7. The standard InChI is InChI=1S/C32H21N2OPS2/c35-36(24-9-3-1-4-10-24,25-11-5-2-6-12-25)26-18-15-22(16-19-26)23-17-20-29-30(21-23)38-32-31(37-29)33-27-13-7-8-14-28(27)34-32/h1-21H. The first kappa shape index (κ1) is 23.5. The van der Waals surface area contributed by atoms with Gasteiger partial charge in [0.1, 0.15) is 10.1 Å². The number of fused-ring (bicyclic) bond motifs is 3. The van der Waals surface area contributed by atoms with Crippen LogP contribution in [-0.4, -0.2) is 9.97 Å². The van der Waals surface area contributed by atoms with Gasteiger partial charge in [-0.2, -0.15) is 0 Å². The van der Waals surface area contributed by atoms with Crippen molar-refractivity contribution in [1.29, 1.82) is 0 Å². The summed E-state index contributed by atoms with van der Waals surface area (Å²) in [6.45, 7) is 0. The molecule has 7 rings (SSSR count). The molecule has 3 nitrogen and oxygen atoms in total. The van der Waals surface area contributed by atoms with Gasteiger partial charge in [-0.15, -0.1) is 0 Å². The highest BCUT2D eigenvalue weighted by atomic mass is 32.2. The lowest BCUT2D eigenvalue weighted by molar-refractivity contribution is 0.592. The minimum Gasteiger partial charge on any atom is -0.309 e. The minimum atomic E-state index is -2.99.